The van der Waals surface area contributed by atoms with Crippen molar-refractivity contribution in [3.8, 4) is 0 Å². The second-order valence-electron chi connectivity index (χ2n) is 5.60. The van der Waals surface area contributed by atoms with Crippen molar-refractivity contribution in [2.24, 2.45) is 0 Å². The maximum absolute atomic E-state index is 13.7. The Hall–Kier alpha value is -0.890. The summed E-state index contributed by atoms with van der Waals surface area (Å²) in [5.41, 5.74) is 2.36. The summed E-state index contributed by atoms with van der Waals surface area (Å²) in [6, 6.07) is 8.23. The van der Waals surface area contributed by atoms with Gasteiger partial charge in [0.1, 0.15) is 6.17 Å². The highest BCUT2D eigenvalue weighted by Gasteiger charge is 2.13. The van der Waals surface area contributed by atoms with Gasteiger partial charge in [0.15, 0.2) is 0 Å². The Morgan fingerprint density at radius 2 is 1.65 bits per heavy atom. The largest absolute Gasteiger partial charge is 0.309 e. The molecule has 0 bridgehead atoms. The van der Waals surface area contributed by atoms with Crippen molar-refractivity contribution in [3.05, 3.63) is 35.4 Å². The molecule has 1 unspecified atom stereocenters. The zero-order chi connectivity index (χ0) is 12.9. The highest BCUT2D eigenvalue weighted by molar-refractivity contribution is 5.23. The fraction of sp³-hybridized carbons (Fsp3) is 0.600. The SMILES string of the molecule is CCc1ccc(CC(F)CNC(C)(C)C)cc1. The van der Waals surface area contributed by atoms with E-state index in [2.05, 4.69) is 45.1 Å². The summed E-state index contributed by atoms with van der Waals surface area (Å²) in [5.74, 6) is 0. The number of alkyl halides is 1. The van der Waals surface area contributed by atoms with Crippen LogP contribution in [-0.2, 0) is 12.8 Å². The van der Waals surface area contributed by atoms with Crippen molar-refractivity contribution < 1.29 is 4.39 Å². The molecule has 0 aliphatic heterocycles. The van der Waals surface area contributed by atoms with E-state index in [0.717, 1.165) is 12.0 Å². The average molecular weight is 237 g/mol. The first-order chi connectivity index (χ1) is 7.90. The molecule has 0 fully saturated rings. The molecular formula is C15H24FN. The van der Waals surface area contributed by atoms with E-state index in [4.69, 9.17) is 0 Å². The first-order valence-corrected chi connectivity index (χ1v) is 6.37. The Kier molecular flexibility index (Phi) is 5.13. The quantitative estimate of drug-likeness (QED) is 0.826. The normalized spacial score (nSPS) is 13.7. The van der Waals surface area contributed by atoms with Crippen LogP contribution >= 0.6 is 0 Å². The first-order valence-electron chi connectivity index (χ1n) is 6.37. The van der Waals surface area contributed by atoms with Crippen molar-refractivity contribution in [2.45, 2.75) is 52.2 Å². The Morgan fingerprint density at radius 3 is 2.12 bits per heavy atom. The molecule has 96 valence electrons. The molecular weight excluding hydrogens is 213 g/mol. The molecule has 0 aliphatic rings. The molecule has 1 aromatic rings. The number of nitrogens with one attached hydrogen (secondary N) is 1. The highest BCUT2D eigenvalue weighted by Crippen LogP contribution is 2.09. The number of aryl methyl sites for hydroxylation is 1. The molecule has 0 aromatic heterocycles. The topological polar surface area (TPSA) is 12.0 Å². The van der Waals surface area contributed by atoms with Crippen LogP contribution in [0.3, 0.4) is 0 Å². The van der Waals surface area contributed by atoms with Gasteiger partial charge < -0.3 is 5.32 Å². The van der Waals surface area contributed by atoms with Crippen LogP contribution in [0.5, 0.6) is 0 Å². The van der Waals surface area contributed by atoms with Crippen molar-refractivity contribution in [3.63, 3.8) is 0 Å². The minimum atomic E-state index is -0.818. The minimum Gasteiger partial charge on any atom is -0.309 e. The van der Waals surface area contributed by atoms with Gasteiger partial charge in [-0.15, -0.1) is 0 Å². The van der Waals surface area contributed by atoms with Crippen LogP contribution in [0.15, 0.2) is 24.3 Å². The van der Waals surface area contributed by atoms with Crippen LogP contribution in [0.1, 0.15) is 38.8 Å². The molecule has 1 N–H and O–H groups in total. The van der Waals surface area contributed by atoms with Crippen molar-refractivity contribution >= 4 is 0 Å². The molecule has 2 heteroatoms. The van der Waals surface area contributed by atoms with Gasteiger partial charge in [-0.05, 0) is 38.3 Å². The Labute approximate surface area is 104 Å². The van der Waals surface area contributed by atoms with Gasteiger partial charge >= 0.3 is 0 Å². The zero-order valence-corrected chi connectivity index (χ0v) is 11.4. The van der Waals surface area contributed by atoms with Gasteiger partial charge in [-0.1, -0.05) is 31.2 Å². The standard InChI is InChI=1S/C15H24FN/c1-5-12-6-8-13(9-7-12)10-14(16)11-17-15(2,3)4/h6-9,14,17H,5,10-11H2,1-4H3. The molecule has 0 aliphatic carbocycles. The van der Waals surface area contributed by atoms with Crippen molar-refractivity contribution in [1.29, 1.82) is 0 Å². The van der Waals surface area contributed by atoms with Crippen LogP contribution in [0, 0.1) is 0 Å². The molecule has 0 saturated heterocycles. The van der Waals surface area contributed by atoms with Gasteiger partial charge in [-0.2, -0.15) is 0 Å². The lowest BCUT2D eigenvalue weighted by molar-refractivity contribution is 0.284. The number of halogens is 1. The molecule has 0 saturated carbocycles. The molecule has 0 radical (unpaired) electrons. The van der Waals surface area contributed by atoms with E-state index in [9.17, 15) is 4.39 Å². The number of benzene rings is 1. The van der Waals surface area contributed by atoms with Crippen LogP contribution in [0.4, 0.5) is 4.39 Å². The second-order valence-corrected chi connectivity index (χ2v) is 5.60. The van der Waals surface area contributed by atoms with Gasteiger partial charge in [0.25, 0.3) is 0 Å². The monoisotopic (exact) mass is 237 g/mol. The van der Waals surface area contributed by atoms with E-state index in [1.54, 1.807) is 0 Å². The fourth-order valence-corrected chi connectivity index (χ4v) is 1.66. The lowest BCUT2D eigenvalue weighted by Crippen LogP contribution is -2.40. The number of hydrogen-bond donors (Lipinski definition) is 1. The molecule has 1 nitrogen and oxygen atoms in total. The lowest BCUT2D eigenvalue weighted by Gasteiger charge is -2.22. The fourth-order valence-electron chi connectivity index (χ4n) is 1.66. The summed E-state index contributed by atoms with van der Waals surface area (Å²) >= 11 is 0. The third-order valence-electron chi connectivity index (χ3n) is 2.74. The van der Waals surface area contributed by atoms with E-state index < -0.39 is 6.17 Å². The van der Waals surface area contributed by atoms with E-state index in [0.29, 0.717) is 13.0 Å². The Balaban J connectivity index is 2.42. The van der Waals surface area contributed by atoms with Gasteiger partial charge in [0, 0.05) is 18.5 Å². The predicted octanol–water partition coefficient (Wildman–Crippen LogP) is 3.52. The third-order valence-corrected chi connectivity index (χ3v) is 2.74. The smallest absolute Gasteiger partial charge is 0.117 e. The lowest BCUT2D eigenvalue weighted by atomic mass is 10.0. The van der Waals surface area contributed by atoms with Crippen molar-refractivity contribution in [1.82, 2.24) is 5.32 Å². The number of rotatable bonds is 5. The van der Waals surface area contributed by atoms with Crippen LogP contribution < -0.4 is 5.32 Å². The Bertz CT molecular complexity index is 324. The van der Waals surface area contributed by atoms with E-state index in [1.807, 2.05) is 12.1 Å². The average Bonchev–Trinajstić information content (AvgIpc) is 2.27. The minimum absolute atomic E-state index is 0.0175. The maximum atomic E-state index is 13.7. The highest BCUT2D eigenvalue weighted by atomic mass is 19.1. The van der Waals surface area contributed by atoms with E-state index >= 15 is 0 Å². The summed E-state index contributed by atoms with van der Waals surface area (Å²) in [4.78, 5) is 0. The van der Waals surface area contributed by atoms with Crippen molar-refractivity contribution in [2.75, 3.05) is 6.54 Å². The maximum Gasteiger partial charge on any atom is 0.117 e. The van der Waals surface area contributed by atoms with Crippen LogP contribution in [0.2, 0.25) is 0 Å². The molecule has 0 spiro atoms. The summed E-state index contributed by atoms with van der Waals surface area (Å²) in [7, 11) is 0. The third kappa shape index (κ3) is 5.83. The summed E-state index contributed by atoms with van der Waals surface area (Å²) in [6.07, 6.45) is 0.708. The Morgan fingerprint density at radius 1 is 1.12 bits per heavy atom. The summed E-state index contributed by atoms with van der Waals surface area (Å²) in [6.45, 7) is 8.69. The van der Waals surface area contributed by atoms with Gasteiger partial charge in [-0.25, -0.2) is 4.39 Å². The van der Waals surface area contributed by atoms with Gasteiger partial charge in [-0.3, -0.25) is 0 Å². The van der Waals surface area contributed by atoms with Gasteiger partial charge in [0.2, 0.25) is 0 Å². The number of hydrogen-bond acceptors (Lipinski definition) is 1. The molecule has 1 rings (SSSR count). The van der Waals surface area contributed by atoms with Crippen LogP contribution in [0.25, 0.3) is 0 Å². The predicted molar refractivity (Wildman–Crippen MR) is 72.2 cm³/mol. The molecule has 1 aromatic carbocycles. The van der Waals surface area contributed by atoms with E-state index in [-0.39, 0.29) is 5.54 Å². The van der Waals surface area contributed by atoms with E-state index in [1.165, 1.54) is 5.56 Å². The molecule has 0 amide bonds. The first kappa shape index (κ1) is 14.2. The zero-order valence-electron chi connectivity index (χ0n) is 11.4. The van der Waals surface area contributed by atoms with Gasteiger partial charge in [0.05, 0.1) is 0 Å². The second kappa shape index (κ2) is 6.15. The van der Waals surface area contributed by atoms with Crippen LogP contribution in [-0.4, -0.2) is 18.3 Å². The summed E-state index contributed by atoms with van der Waals surface area (Å²) in [5, 5.41) is 3.19. The summed E-state index contributed by atoms with van der Waals surface area (Å²) < 4.78 is 13.7. The molecule has 0 heterocycles. The molecule has 1 atom stereocenters. The molecule has 17 heavy (non-hydrogen) atoms.